The van der Waals surface area contributed by atoms with Gasteiger partial charge in [0.2, 0.25) is 5.95 Å². The van der Waals surface area contributed by atoms with Gasteiger partial charge in [-0.1, -0.05) is 0 Å². The number of piperazine rings is 1. The lowest BCUT2D eigenvalue weighted by Gasteiger charge is -2.56. The fraction of sp³-hybridized carbons (Fsp3) is 0.346. The van der Waals surface area contributed by atoms with E-state index < -0.39 is 5.97 Å². The van der Waals surface area contributed by atoms with E-state index >= 15 is 0 Å². The average molecular weight is 563 g/mol. The highest BCUT2D eigenvalue weighted by Gasteiger charge is 2.48. The molecule has 0 unspecified atom stereocenters. The molecule has 0 saturated carbocycles. The molecule has 0 aliphatic carbocycles. The number of carbonyl (C=O) groups excluding carboxylic acids is 2. The Kier molecular flexibility index (Phi) is 6.69. The normalized spacial score (nSPS) is 18.0. The standard InChI is InChI=1S/C26H26N8O3S2/c1-4-37-24(36)17-9-28-25(29-10-17)33-11-18-7-19(12-33)34(18)23(35)16-5-6-21(27-8-16)32-26-31-20(13-38-26)22-14(2)30-15(3)39-22/h5-6,8-10,13,18-19H,4,7,11-12H2,1-3H3,(H,27,31,32)/t18-,19+. The number of hydrogen-bond donors (Lipinski definition) is 1. The first kappa shape index (κ1) is 25.3. The molecule has 200 valence electrons. The molecule has 4 aromatic heterocycles. The second kappa shape index (κ2) is 10.3. The number of anilines is 3. The van der Waals surface area contributed by atoms with Crippen LogP contribution in [0.4, 0.5) is 16.9 Å². The van der Waals surface area contributed by atoms with E-state index in [9.17, 15) is 9.59 Å². The van der Waals surface area contributed by atoms with E-state index in [1.165, 1.54) is 23.7 Å². The van der Waals surface area contributed by atoms with Gasteiger partial charge in [0.1, 0.15) is 5.82 Å². The molecule has 0 aromatic carbocycles. The minimum absolute atomic E-state index is 0.0268. The van der Waals surface area contributed by atoms with E-state index in [1.54, 1.807) is 36.6 Å². The van der Waals surface area contributed by atoms with Crippen molar-refractivity contribution in [1.82, 2.24) is 29.8 Å². The zero-order chi connectivity index (χ0) is 27.1. The summed E-state index contributed by atoms with van der Waals surface area (Å²) in [5.41, 5.74) is 2.75. The number of amides is 1. The Morgan fingerprint density at radius 1 is 1.05 bits per heavy atom. The summed E-state index contributed by atoms with van der Waals surface area (Å²) in [6, 6.07) is 3.76. The summed E-state index contributed by atoms with van der Waals surface area (Å²) in [6.07, 6.45) is 5.53. The van der Waals surface area contributed by atoms with Gasteiger partial charge >= 0.3 is 5.97 Å². The molecule has 7 heterocycles. The monoisotopic (exact) mass is 562 g/mol. The molecule has 2 bridgehead atoms. The minimum atomic E-state index is -0.436. The van der Waals surface area contributed by atoms with E-state index in [1.807, 2.05) is 24.1 Å². The van der Waals surface area contributed by atoms with Crippen molar-refractivity contribution in [2.24, 2.45) is 0 Å². The number of piperidine rings is 1. The summed E-state index contributed by atoms with van der Waals surface area (Å²) >= 11 is 3.13. The topological polar surface area (TPSA) is 126 Å². The van der Waals surface area contributed by atoms with Crippen LogP contribution in [0.25, 0.3) is 10.6 Å². The number of pyridine rings is 1. The van der Waals surface area contributed by atoms with Crippen molar-refractivity contribution < 1.29 is 14.3 Å². The summed E-state index contributed by atoms with van der Waals surface area (Å²) in [5, 5.41) is 6.99. The number of esters is 1. The molecule has 2 atom stereocenters. The second-order valence-electron chi connectivity index (χ2n) is 9.40. The first-order chi connectivity index (χ1) is 18.9. The smallest absolute Gasteiger partial charge is 0.341 e. The van der Waals surface area contributed by atoms with Crippen LogP contribution in [0.3, 0.4) is 0 Å². The number of rotatable bonds is 7. The predicted molar refractivity (Wildman–Crippen MR) is 149 cm³/mol. The molecule has 39 heavy (non-hydrogen) atoms. The molecule has 3 saturated heterocycles. The van der Waals surface area contributed by atoms with E-state index in [4.69, 9.17) is 4.74 Å². The van der Waals surface area contributed by atoms with Crippen molar-refractivity contribution in [2.45, 2.75) is 39.3 Å². The molecule has 3 aliphatic heterocycles. The molecule has 1 amide bonds. The van der Waals surface area contributed by atoms with Crippen LogP contribution in [0.15, 0.2) is 36.1 Å². The SMILES string of the molecule is CCOC(=O)c1cnc(N2C[C@H]3C[C@@H](C2)N3C(=O)c2ccc(Nc3nc(-c4sc(C)nc4C)cs3)nc2)nc1. The van der Waals surface area contributed by atoms with Crippen molar-refractivity contribution in [3.05, 3.63) is 57.9 Å². The molecule has 13 heteroatoms. The largest absolute Gasteiger partial charge is 0.462 e. The number of ether oxygens (including phenoxy) is 1. The third-order valence-electron chi connectivity index (χ3n) is 6.75. The van der Waals surface area contributed by atoms with E-state index in [0.717, 1.165) is 32.8 Å². The molecule has 4 aromatic rings. The first-order valence-corrected chi connectivity index (χ1v) is 14.3. The summed E-state index contributed by atoms with van der Waals surface area (Å²) < 4.78 is 4.99. The van der Waals surface area contributed by atoms with Crippen molar-refractivity contribution >= 4 is 51.4 Å². The minimum Gasteiger partial charge on any atom is -0.462 e. The Morgan fingerprint density at radius 3 is 2.44 bits per heavy atom. The fourth-order valence-electron chi connectivity index (χ4n) is 4.97. The molecule has 3 fully saturated rings. The zero-order valence-electron chi connectivity index (χ0n) is 21.6. The lowest BCUT2D eigenvalue weighted by atomic mass is 9.86. The lowest BCUT2D eigenvalue weighted by Crippen LogP contribution is -2.70. The third-order valence-corrected chi connectivity index (χ3v) is 8.60. The molecular weight excluding hydrogens is 536 g/mol. The molecule has 1 N–H and O–H groups in total. The third kappa shape index (κ3) is 4.94. The van der Waals surface area contributed by atoms with Crippen molar-refractivity contribution in [3.8, 4) is 10.6 Å². The molecule has 11 nitrogen and oxygen atoms in total. The van der Waals surface area contributed by atoms with Crippen molar-refractivity contribution in [1.29, 1.82) is 0 Å². The van der Waals surface area contributed by atoms with Gasteiger partial charge in [-0.25, -0.2) is 29.7 Å². The quantitative estimate of drug-likeness (QED) is 0.329. The Labute approximate surface area is 232 Å². The molecule has 0 radical (unpaired) electrons. The van der Waals surface area contributed by atoms with E-state index in [0.29, 0.717) is 42.6 Å². The summed E-state index contributed by atoms with van der Waals surface area (Å²) in [6.45, 7) is 7.31. The van der Waals surface area contributed by atoms with Crippen LogP contribution in [0.5, 0.6) is 0 Å². The first-order valence-electron chi connectivity index (χ1n) is 12.6. The number of nitrogens with zero attached hydrogens (tertiary/aromatic N) is 7. The number of carbonyl (C=O) groups is 2. The molecule has 7 rings (SSSR count). The van der Waals surface area contributed by atoms with Gasteiger partial charge in [0, 0.05) is 37.1 Å². The Hall–Kier alpha value is -3.97. The van der Waals surface area contributed by atoms with E-state index in [-0.39, 0.29) is 18.0 Å². The number of thiazole rings is 2. The second-order valence-corrected chi connectivity index (χ2v) is 11.5. The van der Waals surface area contributed by atoms with Gasteiger partial charge in [0.15, 0.2) is 5.13 Å². The Bertz CT molecular complexity index is 1510. The predicted octanol–water partition coefficient (Wildman–Crippen LogP) is 4.09. The van der Waals surface area contributed by atoms with Gasteiger partial charge in [-0.05, 0) is 39.3 Å². The van der Waals surface area contributed by atoms with Gasteiger partial charge in [-0.15, -0.1) is 22.7 Å². The van der Waals surface area contributed by atoms with Crippen LogP contribution < -0.4 is 10.2 Å². The van der Waals surface area contributed by atoms with Crippen LogP contribution >= 0.6 is 22.7 Å². The number of fused-ring (bicyclic) bond motifs is 2. The summed E-state index contributed by atoms with van der Waals surface area (Å²) in [5.74, 6) is 0.715. The zero-order valence-corrected chi connectivity index (χ0v) is 23.3. The fourth-order valence-corrected chi connectivity index (χ4v) is 6.63. The van der Waals surface area contributed by atoms with Crippen LogP contribution in [0, 0.1) is 13.8 Å². The van der Waals surface area contributed by atoms with Crippen molar-refractivity contribution in [2.75, 3.05) is 29.9 Å². The maximum absolute atomic E-state index is 13.3. The molecule has 0 spiro atoms. The van der Waals surface area contributed by atoms with E-state index in [2.05, 4.69) is 35.1 Å². The van der Waals surface area contributed by atoms with Crippen molar-refractivity contribution in [3.63, 3.8) is 0 Å². The number of nitrogens with one attached hydrogen (secondary N) is 1. The van der Waals surface area contributed by atoms with Gasteiger partial charge in [0.05, 0.1) is 51.1 Å². The van der Waals surface area contributed by atoms with Gasteiger partial charge in [0.25, 0.3) is 5.91 Å². The van der Waals surface area contributed by atoms with Crippen LogP contribution in [-0.4, -0.2) is 73.5 Å². The maximum Gasteiger partial charge on any atom is 0.341 e. The molecule has 3 aliphatic rings. The van der Waals surface area contributed by atoms with Gasteiger partial charge < -0.3 is 19.9 Å². The van der Waals surface area contributed by atoms with Crippen LogP contribution in [0.2, 0.25) is 0 Å². The Morgan fingerprint density at radius 2 is 1.79 bits per heavy atom. The molecular formula is C26H26N8O3S2. The summed E-state index contributed by atoms with van der Waals surface area (Å²) in [7, 11) is 0. The van der Waals surface area contributed by atoms with Gasteiger partial charge in [-0.3, -0.25) is 4.79 Å². The number of hydrogen-bond acceptors (Lipinski definition) is 12. The highest BCUT2D eigenvalue weighted by atomic mass is 32.1. The maximum atomic E-state index is 13.3. The summed E-state index contributed by atoms with van der Waals surface area (Å²) in [4.78, 5) is 52.5. The highest BCUT2D eigenvalue weighted by Crippen LogP contribution is 2.35. The lowest BCUT2D eigenvalue weighted by molar-refractivity contribution is 0.00552. The highest BCUT2D eigenvalue weighted by molar-refractivity contribution is 7.16. The number of aryl methyl sites for hydroxylation is 2. The van der Waals surface area contributed by atoms with Gasteiger partial charge in [-0.2, -0.15) is 0 Å². The van der Waals surface area contributed by atoms with Crippen LogP contribution in [0.1, 0.15) is 44.8 Å². The number of aromatic nitrogens is 5. The average Bonchev–Trinajstić information content (AvgIpc) is 3.54. The van der Waals surface area contributed by atoms with Crippen LogP contribution in [-0.2, 0) is 4.74 Å². The Balaban J connectivity index is 1.07.